The molecule has 2 aromatic rings. The fraction of sp³-hybridized carbons (Fsp3) is 0.381. The normalized spacial score (nSPS) is 11.9. The zero-order chi connectivity index (χ0) is 16.3. The first-order chi connectivity index (χ1) is 11.3. The van der Waals surface area contributed by atoms with Crippen LogP contribution in [0.4, 0.5) is 0 Å². The minimum absolute atomic E-state index is 0.114. The minimum Gasteiger partial charge on any atom is -0.465 e. The summed E-state index contributed by atoms with van der Waals surface area (Å²) in [6, 6.07) is 20.1. The first-order valence-corrected chi connectivity index (χ1v) is 8.56. The maximum atomic E-state index is 12.6. The summed E-state index contributed by atoms with van der Waals surface area (Å²) >= 11 is 0. The van der Waals surface area contributed by atoms with E-state index in [0.29, 0.717) is 13.0 Å². The van der Waals surface area contributed by atoms with E-state index in [1.807, 2.05) is 48.5 Å². The van der Waals surface area contributed by atoms with E-state index in [-0.39, 0.29) is 11.9 Å². The first-order valence-electron chi connectivity index (χ1n) is 8.56. The van der Waals surface area contributed by atoms with Gasteiger partial charge in [0, 0.05) is 0 Å². The van der Waals surface area contributed by atoms with Gasteiger partial charge in [0.15, 0.2) is 0 Å². The van der Waals surface area contributed by atoms with Gasteiger partial charge in [-0.15, -0.1) is 0 Å². The van der Waals surface area contributed by atoms with Crippen LogP contribution < -0.4 is 0 Å². The van der Waals surface area contributed by atoms with Crippen LogP contribution in [-0.4, -0.2) is 12.6 Å². The van der Waals surface area contributed by atoms with Crippen molar-refractivity contribution in [1.82, 2.24) is 0 Å². The predicted molar refractivity (Wildman–Crippen MR) is 94.4 cm³/mol. The van der Waals surface area contributed by atoms with Gasteiger partial charge in [-0.05, 0) is 24.0 Å². The number of carbonyl (C=O) groups excluding carboxylic acids is 1. The molecule has 1 atom stereocenters. The Labute approximate surface area is 139 Å². The van der Waals surface area contributed by atoms with Crippen LogP contribution >= 0.6 is 0 Å². The lowest BCUT2D eigenvalue weighted by atomic mass is 9.92. The van der Waals surface area contributed by atoms with E-state index >= 15 is 0 Å². The lowest BCUT2D eigenvalue weighted by Gasteiger charge is -2.17. The quantitative estimate of drug-likeness (QED) is 0.474. The zero-order valence-electron chi connectivity index (χ0n) is 13.9. The average Bonchev–Trinajstić information content (AvgIpc) is 2.61. The molecule has 0 spiro atoms. The molecule has 0 N–H and O–H groups in total. The molecule has 2 aromatic carbocycles. The Bertz CT molecular complexity index is 563. The molecule has 0 saturated carbocycles. The molecule has 2 rings (SSSR count). The number of hydrogen-bond acceptors (Lipinski definition) is 2. The summed E-state index contributed by atoms with van der Waals surface area (Å²) in [4.78, 5) is 12.6. The second-order valence-electron chi connectivity index (χ2n) is 5.88. The number of hydrogen-bond donors (Lipinski definition) is 0. The van der Waals surface area contributed by atoms with Gasteiger partial charge in [0.25, 0.3) is 0 Å². The molecule has 2 nitrogen and oxygen atoms in total. The molecular formula is C21H26O2. The molecule has 122 valence electrons. The van der Waals surface area contributed by atoms with Crippen LogP contribution in [0, 0.1) is 0 Å². The van der Waals surface area contributed by atoms with Crippen LogP contribution in [0.2, 0.25) is 0 Å². The van der Waals surface area contributed by atoms with E-state index in [9.17, 15) is 4.79 Å². The fourth-order valence-electron chi connectivity index (χ4n) is 2.67. The third-order valence-corrected chi connectivity index (χ3v) is 4.01. The van der Waals surface area contributed by atoms with E-state index in [4.69, 9.17) is 4.74 Å². The monoisotopic (exact) mass is 310 g/mol. The lowest BCUT2D eigenvalue weighted by molar-refractivity contribution is -0.145. The van der Waals surface area contributed by atoms with E-state index in [1.54, 1.807) is 0 Å². The molecule has 0 aliphatic rings. The number of rotatable bonds is 9. The number of ether oxygens (including phenoxy) is 1. The lowest BCUT2D eigenvalue weighted by Crippen LogP contribution is -2.19. The molecule has 23 heavy (non-hydrogen) atoms. The summed E-state index contributed by atoms with van der Waals surface area (Å²) in [6.45, 7) is 2.70. The van der Waals surface area contributed by atoms with Crippen molar-refractivity contribution in [2.45, 2.75) is 44.9 Å². The van der Waals surface area contributed by atoms with Gasteiger partial charge in [0.05, 0.1) is 12.5 Å². The Kier molecular flexibility index (Phi) is 7.38. The number of unbranched alkanes of at least 4 members (excludes halogenated alkanes) is 3. The Hall–Kier alpha value is -2.09. The van der Waals surface area contributed by atoms with Crippen molar-refractivity contribution < 1.29 is 9.53 Å². The van der Waals surface area contributed by atoms with Gasteiger partial charge in [0.1, 0.15) is 0 Å². The summed E-state index contributed by atoms with van der Waals surface area (Å²) in [5.41, 5.74) is 2.18. The van der Waals surface area contributed by atoms with Crippen LogP contribution in [-0.2, 0) is 16.0 Å². The summed E-state index contributed by atoms with van der Waals surface area (Å²) in [5.74, 6) is -0.346. The highest BCUT2D eigenvalue weighted by Crippen LogP contribution is 2.22. The summed E-state index contributed by atoms with van der Waals surface area (Å²) in [6.07, 6.45) is 5.14. The highest BCUT2D eigenvalue weighted by atomic mass is 16.5. The first kappa shape index (κ1) is 17.3. The summed E-state index contributed by atoms with van der Waals surface area (Å²) in [7, 11) is 0. The fourth-order valence-corrected chi connectivity index (χ4v) is 2.67. The number of esters is 1. The van der Waals surface area contributed by atoms with Crippen molar-refractivity contribution in [1.29, 1.82) is 0 Å². The predicted octanol–water partition coefficient (Wildman–Crippen LogP) is 5.14. The SMILES string of the molecule is CCCCCCOC(=O)C(Cc1ccccc1)c1ccccc1. The molecule has 0 amide bonds. The molecule has 0 heterocycles. The summed E-state index contributed by atoms with van der Waals surface area (Å²) in [5, 5.41) is 0. The number of carbonyl (C=O) groups is 1. The summed E-state index contributed by atoms with van der Waals surface area (Å²) < 4.78 is 5.54. The molecule has 0 bridgehead atoms. The van der Waals surface area contributed by atoms with Crippen molar-refractivity contribution in [2.75, 3.05) is 6.61 Å². The van der Waals surface area contributed by atoms with Gasteiger partial charge in [-0.2, -0.15) is 0 Å². The van der Waals surface area contributed by atoms with E-state index in [1.165, 1.54) is 12.8 Å². The van der Waals surface area contributed by atoms with E-state index in [0.717, 1.165) is 24.0 Å². The average molecular weight is 310 g/mol. The van der Waals surface area contributed by atoms with E-state index in [2.05, 4.69) is 19.1 Å². The molecular weight excluding hydrogens is 284 g/mol. The highest BCUT2D eigenvalue weighted by Gasteiger charge is 2.22. The van der Waals surface area contributed by atoms with Crippen LogP contribution in [0.25, 0.3) is 0 Å². The van der Waals surface area contributed by atoms with Gasteiger partial charge in [-0.3, -0.25) is 4.79 Å². The maximum absolute atomic E-state index is 12.6. The van der Waals surface area contributed by atoms with Gasteiger partial charge in [0.2, 0.25) is 0 Å². The van der Waals surface area contributed by atoms with Gasteiger partial charge < -0.3 is 4.74 Å². The van der Waals surface area contributed by atoms with Gasteiger partial charge >= 0.3 is 5.97 Å². The molecule has 0 aliphatic carbocycles. The Balaban J connectivity index is 2.00. The topological polar surface area (TPSA) is 26.3 Å². The van der Waals surface area contributed by atoms with E-state index < -0.39 is 0 Å². The van der Waals surface area contributed by atoms with Crippen molar-refractivity contribution in [3.8, 4) is 0 Å². The molecule has 0 aliphatic heterocycles. The maximum Gasteiger partial charge on any atom is 0.313 e. The molecule has 0 radical (unpaired) electrons. The van der Waals surface area contributed by atoms with Gasteiger partial charge in [-0.25, -0.2) is 0 Å². The second kappa shape index (κ2) is 9.83. The van der Waals surface area contributed by atoms with Crippen LogP contribution in [0.15, 0.2) is 60.7 Å². The van der Waals surface area contributed by atoms with Crippen LogP contribution in [0.5, 0.6) is 0 Å². The smallest absolute Gasteiger partial charge is 0.313 e. The third-order valence-electron chi connectivity index (χ3n) is 4.01. The van der Waals surface area contributed by atoms with Crippen molar-refractivity contribution in [2.24, 2.45) is 0 Å². The Morgan fingerprint density at radius 1 is 0.913 bits per heavy atom. The molecule has 1 unspecified atom stereocenters. The largest absolute Gasteiger partial charge is 0.465 e. The number of benzene rings is 2. The molecule has 0 saturated heterocycles. The molecule has 0 aromatic heterocycles. The van der Waals surface area contributed by atoms with Crippen molar-refractivity contribution in [3.63, 3.8) is 0 Å². The highest BCUT2D eigenvalue weighted by molar-refractivity contribution is 5.78. The second-order valence-corrected chi connectivity index (χ2v) is 5.88. The molecule has 2 heteroatoms. The van der Waals surface area contributed by atoms with Crippen molar-refractivity contribution in [3.05, 3.63) is 71.8 Å². The minimum atomic E-state index is -0.232. The molecule has 0 fully saturated rings. The van der Waals surface area contributed by atoms with Gasteiger partial charge in [-0.1, -0.05) is 86.8 Å². The standard InChI is InChI=1S/C21H26O2/c1-2-3-4-11-16-23-21(22)20(19-14-9-6-10-15-19)17-18-12-7-5-8-13-18/h5-10,12-15,20H,2-4,11,16-17H2,1H3. The Morgan fingerprint density at radius 2 is 1.57 bits per heavy atom. The third kappa shape index (κ3) is 5.90. The zero-order valence-corrected chi connectivity index (χ0v) is 13.9. The van der Waals surface area contributed by atoms with Crippen LogP contribution in [0.1, 0.15) is 49.7 Å². The van der Waals surface area contributed by atoms with Crippen molar-refractivity contribution >= 4 is 5.97 Å². The Morgan fingerprint density at radius 3 is 2.22 bits per heavy atom. The van der Waals surface area contributed by atoms with Crippen LogP contribution in [0.3, 0.4) is 0 Å².